The largest absolute Gasteiger partial charge is 0.357 e. The number of aliphatic imine (C=N–C) groups is 1. The molecule has 1 rings (SSSR count). The number of halogens is 2. The lowest BCUT2D eigenvalue weighted by Gasteiger charge is -2.22. The van der Waals surface area contributed by atoms with Crippen molar-refractivity contribution in [3.05, 3.63) is 33.8 Å². The molecule has 0 unspecified atom stereocenters. The molecule has 0 spiro atoms. The highest BCUT2D eigenvalue weighted by atomic mass is 35.5. The highest BCUT2D eigenvalue weighted by Gasteiger charge is 2.09. The Bertz CT molecular complexity index is 665. The number of benzene rings is 1. The minimum absolute atomic E-state index is 0.0635. The van der Waals surface area contributed by atoms with Crippen molar-refractivity contribution in [2.45, 2.75) is 20.4 Å². The smallest absolute Gasteiger partial charge is 0.211 e. The molecule has 0 aliphatic rings. The monoisotopic (exact) mass is 394 g/mol. The third-order valence-corrected chi connectivity index (χ3v) is 5.32. The lowest BCUT2D eigenvalue weighted by atomic mass is 10.2. The molecule has 0 aliphatic heterocycles. The summed E-state index contributed by atoms with van der Waals surface area (Å²) in [5.41, 5.74) is 1.00. The normalized spacial score (nSPS) is 12.3. The van der Waals surface area contributed by atoms with Crippen LogP contribution in [-0.2, 0) is 16.6 Å². The van der Waals surface area contributed by atoms with Crippen molar-refractivity contribution in [2.75, 3.05) is 32.4 Å². The minimum Gasteiger partial charge on any atom is -0.357 e. The van der Waals surface area contributed by atoms with Crippen LogP contribution in [0, 0.1) is 0 Å². The third-order valence-electron chi connectivity index (χ3n) is 3.18. The summed E-state index contributed by atoms with van der Waals surface area (Å²) in [4.78, 5) is 6.37. The van der Waals surface area contributed by atoms with Crippen LogP contribution in [0.3, 0.4) is 0 Å². The predicted molar refractivity (Wildman–Crippen MR) is 101 cm³/mol. The number of sulfonamides is 1. The first-order valence-electron chi connectivity index (χ1n) is 7.69. The van der Waals surface area contributed by atoms with Gasteiger partial charge in [0.1, 0.15) is 0 Å². The fourth-order valence-electron chi connectivity index (χ4n) is 1.92. The number of nitrogens with zero attached hydrogens (tertiary/aromatic N) is 2. The fourth-order valence-corrected chi connectivity index (χ4v) is 2.85. The average Bonchev–Trinajstić information content (AvgIpc) is 2.53. The quantitative estimate of drug-likeness (QED) is 0.403. The van der Waals surface area contributed by atoms with Gasteiger partial charge in [0.2, 0.25) is 10.0 Å². The molecule has 0 atom stereocenters. The van der Waals surface area contributed by atoms with Gasteiger partial charge in [0.05, 0.1) is 22.3 Å². The molecule has 24 heavy (non-hydrogen) atoms. The zero-order valence-corrected chi connectivity index (χ0v) is 16.5. The Morgan fingerprint density at radius 3 is 2.54 bits per heavy atom. The molecular weight excluding hydrogens is 371 g/mol. The van der Waals surface area contributed by atoms with E-state index in [0.717, 1.165) is 5.56 Å². The molecular formula is C15H24Cl2N4O2S. The maximum atomic E-state index is 11.4. The van der Waals surface area contributed by atoms with Gasteiger partial charge in [-0.2, -0.15) is 0 Å². The lowest BCUT2D eigenvalue weighted by molar-refractivity contribution is 0.477. The number of rotatable bonds is 8. The Balaban J connectivity index is 2.68. The van der Waals surface area contributed by atoms with E-state index >= 15 is 0 Å². The van der Waals surface area contributed by atoms with Gasteiger partial charge >= 0.3 is 0 Å². The molecule has 0 radical (unpaired) electrons. The summed E-state index contributed by atoms with van der Waals surface area (Å²) in [7, 11) is -1.28. The van der Waals surface area contributed by atoms with Crippen molar-refractivity contribution >= 4 is 39.2 Å². The van der Waals surface area contributed by atoms with Gasteiger partial charge in [0, 0.05) is 26.7 Å². The molecule has 0 saturated carbocycles. The molecule has 0 fully saturated rings. The summed E-state index contributed by atoms with van der Waals surface area (Å²) in [5.74, 6) is 0.757. The lowest BCUT2D eigenvalue weighted by Crippen LogP contribution is -2.39. The third kappa shape index (κ3) is 7.25. The van der Waals surface area contributed by atoms with Crippen LogP contribution < -0.4 is 10.0 Å². The second-order valence-electron chi connectivity index (χ2n) is 5.14. The van der Waals surface area contributed by atoms with Crippen LogP contribution in [0.5, 0.6) is 0 Å². The minimum atomic E-state index is -3.19. The number of hydrogen-bond donors (Lipinski definition) is 2. The summed E-state index contributed by atoms with van der Waals surface area (Å²) >= 11 is 12.0. The standard InChI is InChI=1S/C15H24Cl2N4O2S/c1-4-18-15(19-8-9-20-24(22,23)5-2)21(3)11-12-6-7-13(16)14(17)10-12/h6-7,10,20H,4-5,8-9,11H2,1-3H3,(H,18,19). The second-order valence-corrected chi connectivity index (χ2v) is 8.05. The Kier molecular flexibility index (Phi) is 8.83. The SMILES string of the molecule is CCNC(=NCCNS(=O)(=O)CC)N(C)Cc1ccc(Cl)c(Cl)c1. The molecule has 9 heteroatoms. The van der Waals surface area contributed by atoms with E-state index in [-0.39, 0.29) is 12.3 Å². The van der Waals surface area contributed by atoms with Crippen molar-refractivity contribution in [2.24, 2.45) is 4.99 Å². The number of guanidine groups is 1. The molecule has 0 bridgehead atoms. The van der Waals surface area contributed by atoms with Gasteiger partial charge in [-0.3, -0.25) is 4.99 Å². The average molecular weight is 395 g/mol. The summed E-state index contributed by atoms with van der Waals surface area (Å²) in [6.07, 6.45) is 0. The molecule has 0 aliphatic carbocycles. The first kappa shape index (κ1) is 21.0. The van der Waals surface area contributed by atoms with E-state index in [2.05, 4.69) is 15.0 Å². The van der Waals surface area contributed by atoms with E-state index in [1.165, 1.54) is 0 Å². The summed E-state index contributed by atoms with van der Waals surface area (Å²) < 4.78 is 25.3. The van der Waals surface area contributed by atoms with Crippen LogP contribution in [0.2, 0.25) is 10.0 Å². The Morgan fingerprint density at radius 1 is 1.25 bits per heavy atom. The molecule has 0 heterocycles. The van der Waals surface area contributed by atoms with Gasteiger partial charge in [-0.25, -0.2) is 13.1 Å². The Morgan fingerprint density at radius 2 is 1.96 bits per heavy atom. The van der Waals surface area contributed by atoms with Gasteiger partial charge in [0.25, 0.3) is 0 Å². The molecule has 1 aromatic carbocycles. The van der Waals surface area contributed by atoms with Crippen molar-refractivity contribution in [3.8, 4) is 0 Å². The highest BCUT2D eigenvalue weighted by Crippen LogP contribution is 2.23. The highest BCUT2D eigenvalue weighted by molar-refractivity contribution is 7.89. The van der Waals surface area contributed by atoms with Crippen molar-refractivity contribution in [1.82, 2.24) is 14.9 Å². The Hall–Kier alpha value is -1.02. The zero-order valence-electron chi connectivity index (χ0n) is 14.1. The van der Waals surface area contributed by atoms with Crippen LogP contribution in [0.1, 0.15) is 19.4 Å². The Labute approximate surface area is 154 Å². The van der Waals surface area contributed by atoms with Crippen LogP contribution in [-0.4, -0.2) is 51.7 Å². The predicted octanol–water partition coefficient (Wildman–Crippen LogP) is 2.33. The van der Waals surface area contributed by atoms with Gasteiger partial charge in [-0.15, -0.1) is 0 Å². The number of hydrogen-bond acceptors (Lipinski definition) is 3. The summed E-state index contributed by atoms with van der Waals surface area (Å²) in [6.45, 7) is 5.51. The first-order valence-corrected chi connectivity index (χ1v) is 10.1. The van der Waals surface area contributed by atoms with Crippen LogP contribution >= 0.6 is 23.2 Å². The van der Waals surface area contributed by atoms with E-state index < -0.39 is 10.0 Å². The van der Waals surface area contributed by atoms with E-state index in [1.54, 1.807) is 13.0 Å². The van der Waals surface area contributed by atoms with Crippen LogP contribution in [0.15, 0.2) is 23.2 Å². The van der Waals surface area contributed by atoms with Gasteiger partial charge < -0.3 is 10.2 Å². The maximum Gasteiger partial charge on any atom is 0.211 e. The topological polar surface area (TPSA) is 73.8 Å². The van der Waals surface area contributed by atoms with E-state index in [1.807, 2.05) is 31.0 Å². The molecule has 0 amide bonds. The second kappa shape index (κ2) is 10.1. The maximum absolute atomic E-state index is 11.4. The molecule has 2 N–H and O–H groups in total. The zero-order chi connectivity index (χ0) is 18.2. The van der Waals surface area contributed by atoms with Gasteiger partial charge in [-0.05, 0) is 31.5 Å². The molecule has 1 aromatic rings. The van der Waals surface area contributed by atoms with Crippen LogP contribution in [0.25, 0.3) is 0 Å². The van der Waals surface area contributed by atoms with E-state index in [9.17, 15) is 8.42 Å². The van der Waals surface area contributed by atoms with Crippen LogP contribution in [0.4, 0.5) is 0 Å². The van der Waals surface area contributed by atoms with Crippen molar-refractivity contribution in [3.63, 3.8) is 0 Å². The van der Waals surface area contributed by atoms with Crippen molar-refractivity contribution < 1.29 is 8.42 Å². The first-order chi connectivity index (χ1) is 11.3. The fraction of sp³-hybridized carbons (Fsp3) is 0.533. The molecule has 0 saturated heterocycles. The summed E-state index contributed by atoms with van der Waals surface area (Å²) in [6, 6.07) is 5.49. The van der Waals surface area contributed by atoms with E-state index in [0.29, 0.717) is 35.6 Å². The summed E-state index contributed by atoms with van der Waals surface area (Å²) in [5, 5.41) is 4.21. The van der Waals surface area contributed by atoms with Gasteiger partial charge in [-0.1, -0.05) is 29.3 Å². The van der Waals surface area contributed by atoms with Crippen molar-refractivity contribution in [1.29, 1.82) is 0 Å². The van der Waals surface area contributed by atoms with E-state index in [4.69, 9.17) is 23.2 Å². The molecule has 6 nitrogen and oxygen atoms in total. The van der Waals surface area contributed by atoms with Gasteiger partial charge in [0.15, 0.2) is 5.96 Å². The molecule has 136 valence electrons. The number of nitrogens with one attached hydrogen (secondary N) is 2. The molecule has 0 aromatic heterocycles.